The number of hydrogen-bond donors (Lipinski definition) is 1. The van der Waals surface area contributed by atoms with Gasteiger partial charge in [-0.1, -0.05) is 56.6 Å². The van der Waals surface area contributed by atoms with E-state index in [4.69, 9.17) is 0 Å². The summed E-state index contributed by atoms with van der Waals surface area (Å²) in [7, 11) is 1.40. The van der Waals surface area contributed by atoms with E-state index in [-0.39, 0.29) is 11.8 Å². The summed E-state index contributed by atoms with van der Waals surface area (Å²) in [5.74, 6) is -0.0285. The van der Waals surface area contributed by atoms with Crippen LogP contribution in [0.3, 0.4) is 0 Å². The molecule has 0 saturated carbocycles. The minimum absolute atomic E-state index is 0.127. The molecule has 0 aromatic heterocycles. The van der Waals surface area contributed by atoms with Gasteiger partial charge in [0.2, 0.25) is 0 Å². The molecule has 1 unspecified atom stereocenters. The van der Waals surface area contributed by atoms with Crippen molar-refractivity contribution in [2.24, 2.45) is 0 Å². The molecule has 1 atom stereocenters. The van der Waals surface area contributed by atoms with Crippen LogP contribution in [0.4, 0.5) is 0 Å². The number of carbonyl (C=O) groups is 2. The van der Waals surface area contributed by atoms with Crippen LogP contribution in [0.25, 0.3) is 0 Å². The number of unbranched alkanes of at least 4 members (excludes halogenated alkanes) is 4. The van der Waals surface area contributed by atoms with Crippen LogP contribution in [0.1, 0.15) is 58.3 Å². The number of hydrogen-bond acceptors (Lipinski definition) is 4. The minimum atomic E-state index is -0.405. The Hall–Kier alpha value is -1.68. The van der Waals surface area contributed by atoms with E-state index in [0.29, 0.717) is 19.3 Å². The molecule has 0 aromatic carbocycles. The molecule has 1 N–H and O–H groups in total. The van der Waals surface area contributed by atoms with E-state index < -0.39 is 6.10 Å². The SMILES string of the molecule is CCC(O)C=CC=CC=CC(=O)CCCCCCCC(=O)OC. The Morgan fingerprint density at radius 3 is 2.22 bits per heavy atom. The largest absolute Gasteiger partial charge is 0.469 e. The molecule has 130 valence electrons. The molecule has 0 rings (SSSR count). The smallest absolute Gasteiger partial charge is 0.305 e. The molecule has 0 fully saturated rings. The van der Waals surface area contributed by atoms with Crippen molar-refractivity contribution in [3.8, 4) is 0 Å². The quantitative estimate of drug-likeness (QED) is 0.242. The third kappa shape index (κ3) is 15.0. The average Bonchev–Trinajstić information content (AvgIpc) is 2.56. The van der Waals surface area contributed by atoms with Crippen molar-refractivity contribution in [3.63, 3.8) is 0 Å². The van der Waals surface area contributed by atoms with Crippen molar-refractivity contribution in [3.05, 3.63) is 36.5 Å². The summed E-state index contributed by atoms with van der Waals surface area (Å²) in [6, 6.07) is 0. The zero-order valence-corrected chi connectivity index (χ0v) is 14.4. The van der Waals surface area contributed by atoms with Crippen LogP contribution in [-0.4, -0.2) is 30.1 Å². The molecule has 0 aliphatic carbocycles. The second kappa shape index (κ2) is 15.2. The highest BCUT2D eigenvalue weighted by molar-refractivity contribution is 5.89. The van der Waals surface area contributed by atoms with Crippen LogP contribution in [-0.2, 0) is 14.3 Å². The van der Waals surface area contributed by atoms with Crippen molar-refractivity contribution < 1.29 is 19.4 Å². The zero-order chi connectivity index (χ0) is 17.3. The summed E-state index contributed by atoms with van der Waals surface area (Å²) in [5.41, 5.74) is 0. The van der Waals surface area contributed by atoms with Gasteiger partial charge in [-0.05, 0) is 25.3 Å². The first-order valence-electron chi connectivity index (χ1n) is 8.39. The van der Waals surface area contributed by atoms with Crippen molar-refractivity contribution in [1.82, 2.24) is 0 Å². The standard InChI is InChI=1S/C19H30O4/c1-3-17(20)13-9-7-8-11-15-18(21)14-10-5-4-6-12-16-19(22)23-2/h7-9,11,13,15,17,20H,3-6,10,12,14,16H2,1-2H3. The van der Waals surface area contributed by atoms with Gasteiger partial charge in [0.1, 0.15) is 0 Å². The molecule has 0 aromatic rings. The van der Waals surface area contributed by atoms with Gasteiger partial charge in [0, 0.05) is 12.8 Å². The lowest BCUT2D eigenvalue weighted by molar-refractivity contribution is -0.140. The number of esters is 1. The van der Waals surface area contributed by atoms with E-state index in [0.717, 1.165) is 32.1 Å². The fraction of sp³-hybridized carbons (Fsp3) is 0.579. The second-order valence-electron chi connectivity index (χ2n) is 5.41. The third-order valence-electron chi connectivity index (χ3n) is 3.40. The summed E-state index contributed by atoms with van der Waals surface area (Å²) in [6.07, 6.45) is 16.5. The number of methoxy groups -OCH3 is 1. The highest BCUT2D eigenvalue weighted by Gasteiger charge is 2.00. The molecule has 0 spiro atoms. The predicted octanol–water partition coefficient (Wildman–Crippen LogP) is 3.90. The zero-order valence-electron chi connectivity index (χ0n) is 14.4. The normalized spacial score (nSPS) is 13.2. The van der Waals surface area contributed by atoms with Gasteiger partial charge in [-0.15, -0.1) is 0 Å². The highest BCUT2D eigenvalue weighted by Crippen LogP contribution is 2.08. The molecule has 0 saturated heterocycles. The summed E-state index contributed by atoms with van der Waals surface area (Å²) in [5, 5.41) is 9.30. The first-order valence-corrected chi connectivity index (χ1v) is 8.39. The summed E-state index contributed by atoms with van der Waals surface area (Å²) in [4.78, 5) is 22.5. The van der Waals surface area contributed by atoms with Gasteiger partial charge < -0.3 is 9.84 Å². The van der Waals surface area contributed by atoms with Crippen LogP contribution in [0, 0.1) is 0 Å². The Kier molecular flexibility index (Phi) is 14.1. The molecule has 0 aliphatic heterocycles. The summed E-state index contributed by atoms with van der Waals surface area (Å²) < 4.78 is 4.58. The van der Waals surface area contributed by atoms with E-state index in [1.165, 1.54) is 7.11 Å². The van der Waals surface area contributed by atoms with Crippen molar-refractivity contribution in [2.75, 3.05) is 7.11 Å². The number of rotatable bonds is 13. The number of allylic oxidation sites excluding steroid dienone is 5. The minimum Gasteiger partial charge on any atom is -0.469 e. The van der Waals surface area contributed by atoms with Crippen molar-refractivity contribution in [2.45, 2.75) is 64.4 Å². The Labute approximate surface area is 139 Å². The third-order valence-corrected chi connectivity index (χ3v) is 3.40. The Morgan fingerprint density at radius 1 is 0.957 bits per heavy atom. The Balaban J connectivity index is 3.60. The first kappa shape index (κ1) is 21.3. The molecule has 0 amide bonds. The molecule has 4 nitrogen and oxygen atoms in total. The van der Waals surface area contributed by atoms with E-state index in [1.54, 1.807) is 36.5 Å². The molecule has 23 heavy (non-hydrogen) atoms. The number of ketones is 1. The Bertz CT molecular complexity index is 408. The average molecular weight is 322 g/mol. The first-order chi connectivity index (χ1) is 11.1. The second-order valence-corrected chi connectivity index (χ2v) is 5.41. The van der Waals surface area contributed by atoms with Gasteiger partial charge in [0.25, 0.3) is 0 Å². The lowest BCUT2D eigenvalue weighted by atomic mass is 10.1. The van der Waals surface area contributed by atoms with Gasteiger partial charge in [-0.2, -0.15) is 0 Å². The molecular weight excluding hydrogens is 292 g/mol. The molecule has 0 aliphatic rings. The summed E-state index contributed by atoms with van der Waals surface area (Å²) >= 11 is 0. The van der Waals surface area contributed by atoms with Crippen LogP contribution < -0.4 is 0 Å². The van der Waals surface area contributed by atoms with Gasteiger partial charge in [0.05, 0.1) is 13.2 Å². The van der Waals surface area contributed by atoms with E-state index in [2.05, 4.69) is 4.74 Å². The van der Waals surface area contributed by atoms with Crippen LogP contribution in [0.5, 0.6) is 0 Å². The maximum Gasteiger partial charge on any atom is 0.305 e. The van der Waals surface area contributed by atoms with Crippen LogP contribution >= 0.6 is 0 Å². The topological polar surface area (TPSA) is 63.6 Å². The van der Waals surface area contributed by atoms with Gasteiger partial charge >= 0.3 is 5.97 Å². The van der Waals surface area contributed by atoms with Gasteiger partial charge in [-0.3, -0.25) is 9.59 Å². The van der Waals surface area contributed by atoms with E-state index in [1.807, 2.05) is 6.92 Å². The molecule has 0 heterocycles. The number of aliphatic hydroxyl groups excluding tert-OH is 1. The molecular formula is C19H30O4. The highest BCUT2D eigenvalue weighted by atomic mass is 16.5. The van der Waals surface area contributed by atoms with Gasteiger partial charge in [0.15, 0.2) is 5.78 Å². The van der Waals surface area contributed by atoms with E-state index >= 15 is 0 Å². The van der Waals surface area contributed by atoms with Crippen LogP contribution in [0.15, 0.2) is 36.5 Å². The van der Waals surface area contributed by atoms with Crippen molar-refractivity contribution in [1.29, 1.82) is 0 Å². The Morgan fingerprint density at radius 2 is 1.57 bits per heavy atom. The molecule has 4 heteroatoms. The number of carbonyl (C=O) groups excluding carboxylic acids is 2. The van der Waals surface area contributed by atoms with E-state index in [9.17, 15) is 14.7 Å². The monoisotopic (exact) mass is 322 g/mol. The molecule has 0 bridgehead atoms. The maximum atomic E-state index is 11.6. The number of ether oxygens (including phenoxy) is 1. The maximum absolute atomic E-state index is 11.6. The fourth-order valence-electron chi connectivity index (χ4n) is 1.90. The summed E-state index contributed by atoms with van der Waals surface area (Å²) in [6.45, 7) is 1.91. The van der Waals surface area contributed by atoms with Crippen LogP contribution in [0.2, 0.25) is 0 Å². The number of aliphatic hydroxyl groups is 1. The lowest BCUT2D eigenvalue weighted by Gasteiger charge is -2.00. The lowest BCUT2D eigenvalue weighted by Crippen LogP contribution is -1.99. The predicted molar refractivity (Wildman–Crippen MR) is 93.1 cm³/mol. The van der Waals surface area contributed by atoms with Crippen molar-refractivity contribution >= 4 is 11.8 Å². The molecule has 0 radical (unpaired) electrons. The fourth-order valence-corrected chi connectivity index (χ4v) is 1.90. The van der Waals surface area contributed by atoms with Gasteiger partial charge in [-0.25, -0.2) is 0 Å².